The van der Waals surface area contributed by atoms with Crippen LogP contribution in [0.2, 0.25) is 0 Å². The molecule has 4 rings (SSSR count). The zero-order valence-corrected chi connectivity index (χ0v) is 18.1. The molecule has 0 atom stereocenters. The Bertz CT molecular complexity index is 1050. The van der Waals surface area contributed by atoms with Gasteiger partial charge in [-0.05, 0) is 49.5 Å². The van der Waals surface area contributed by atoms with Gasteiger partial charge in [0, 0.05) is 62.9 Å². The maximum absolute atomic E-state index is 13.1. The monoisotopic (exact) mass is 420 g/mol. The Morgan fingerprint density at radius 2 is 1.77 bits per heavy atom. The van der Waals surface area contributed by atoms with Crippen molar-refractivity contribution >= 4 is 34.9 Å². The van der Waals surface area contributed by atoms with Crippen LogP contribution in [-0.2, 0) is 0 Å². The Labute approximate surface area is 182 Å². The van der Waals surface area contributed by atoms with Crippen molar-refractivity contribution in [3.8, 4) is 0 Å². The summed E-state index contributed by atoms with van der Waals surface area (Å²) in [4.78, 5) is 23.9. The third-order valence-electron chi connectivity index (χ3n) is 5.42. The van der Waals surface area contributed by atoms with Gasteiger partial charge in [0.05, 0.1) is 0 Å². The maximum atomic E-state index is 13.1. The summed E-state index contributed by atoms with van der Waals surface area (Å²) in [5.41, 5.74) is 9.22. The molecule has 0 amide bonds. The number of aromatic nitrogens is 3. The average molecular weight is 421 g/mol. The van der Waals surface area contributed by atoms with E-state index in [0.29, 0.717) is 5.56 Å². The lowest BCUT2D eigenvalue weighted by molar-refractivity contribution is 0.0948. The molecule has 1 aliphatic rings. The van der Waals surface area contributed by atoms with Gasteiger partial charge < -0.3 is 25.8 Å². The topological polar surface area (TPSA) is 95.5 Å². The fourth-order valence-corrected chi connectivity index (χ4v) is 3.54. The van der Waals surface area contributed by atoms with Gasteiger partial charge in [0.2, 0.25) is 11.9 Å². The molecule has 162 valence electrons. The molecule has 0 spiro atoms. The van der Waals surface area contributed by atoms with E-state index in [1.165, 1.54) is 10.4 Å². The summed E-state index contributed by atoms with van der Waals surface area (Å²) in [5.74, 6) is 0.0169. The summed E-state index contributed by atoms with van der Waals surface area (Å²) in [6.07, 6.45) is 0. The van der Waals surface area contributed by atoms with E-state index in [2.05, 4.69) is 44.4 Å². The summed E-state index contributed by atoms with van der Waals surface area (Å²) >= 11 is 0. The number of carbonyl (C=O) groups is 1. The highest BCUT2D eigenvalue weighted by molar-refractivity contribution is 5.98. The van der Waals surface area contributed by atoms with Crippen LogP contribution in [0, 0.1) is 0 Å². The number of anilines is 5. The molecule has 1 aromatic heterocycles. The smallest absolute Gasteiger partial charge is 0.281 e. The molecule has 3 N–H and O–H groups in total. The Balaban J connectivity index is 1.52. The minimum atomic E-state index is -0.301. The number of piperazine rings is 1. The number of hydrogen-bond acceptors (Lipinski definition) is 8. The molecule has 0 saturated carbocycles. The molecule has 0 aliphatic carbocycles. The molecule has 1 saturated heterocycles. The van der Waals surface area contributed by atoms with Crippen LogP contribution >= 0.6 is 0 Å². The number of hydrogen-bond donors (Lipinski definition) is 2. The van der Waals surface area contributed by atoms with Crippen LogP contribution < -0.4 is 20.9 Å². The van der Waals surface area contributed by atoms with Crippen LogP contribution in [0.15, 0.2) is 48.5 Å². The van der Waals surface area contributed by atoms with E-state index < -0.39 is 0 Å². The maximum Gasteiger partial charge on any atom is 0.281 e. The van der Waals surface area contributed by atoms with Crippen molar-refractivity contribution in [2.75, 3.05) is 68.2 Å². The van der Waals surface area contributed by atoms with Gasteiger partial charge in [-0.25, -0.2) is 0 Å². The first-order valence-electron chi connectivity index (χ1n) is 10.3. The van der Waals surface area contributed by atoms with Crippen molar-refractivity contribution in [3.05, 3.63) is 54.1 Å². The lowest BCUT2D eigenvalue weighted by Gasteiger charge is -2.34. The molecule has 1 fully saturated rings. The fraction of sp³-hybridized carbons (Fsp3) is 0.318. The second-order valence-corrected chi connectivity index (χ2v) is 7.92. The van der Waals surface area contributed by atoms with Crippen LogP contribution in [-0.4, -0.2) is 72.9 Å². The molecule has 9 nitrogen and oxygen atoms in total. The number of benzene rings is 2. The third kappa shape index (κ3) is 4.61. The SMILES string of the molecule is CN1CCN(c2ccc(Nc3nc(N)nn3C(=O)c3cccc(N(C)C)c3)cc2)CC1. The number of rotatable bonds is 5. The zero-order valence-electron chi connectivity index (χ0n) is 18.1. The second-order valence-electron chi connectivity index (χ2n) is 7.92. The summed E-state index contributed by atoms with van der Waals surface area (Å²) < 4.78 is 1.21. The van der Waals surface area contributed by atoms with E-state index in [1.807, 2.05) is 49.3 Å². The molecule has 0 bridgehead atoms. The highest BCUT2D eigenvalue weighted by Crippen LogP contribution is 2.23. The van der Waals surface area contributed by atoms with Gasteiger partial charge in [-0.1, -0.05) is 6.07 Å². The van der Waals surface area contributed by atoms with Crippen molar-refractivity contribution in [1.29, 1.82) is 0 Å². The Morgan fingerprint density at radius 3 is 2.45 bits per heavy atom. The minimum Gasteiger partial charge on any atom is -0.378 e. The first kappa shape index (κ1) is 20.7. The minimum absolute atomic E-state index is 0.0358. The Kier molecular flexibility index (Phi) is 5.77. The average Bonchev–Trinajstić information content (AvgIpc) is 3.14. The highest BCUT2D eigenvalue weighted by Gasteiger charge is 2.18. The third-order valence-corrected chi connectivity index (χ3v) is 5.42. The molecule has 31 heavy (non-hydrogen) atoms. The molecule has 3 aromatic rings. The predicted octanol–water partition coefficient (Wildman–Crippen LogP) is 2.11. The lowest BCUT2D eigenvalue weighted by atomic mass is 10.2. The molecule has 0 unspecified atom stereocenters. The van der Waals surface area contributed by atoms with E-state index in [0.717, 1.165) is 37.6 Å². The predicted molar refractivity (Wildman–Crippen MR) is 124 cm³/mol. The molecular weight excluding hydrogens is 392 g/mol. The van der Waals surface area contributed by atoms with E-state index in [9.17, 15) is 4.79 Å². The number of likely N-dealkylation sites (N-methyl/N-ethyl adjacent to an activating group) is 1. The van der Waals surface area contributed by atoms with Gasteiger partial charge in [0.1, 0.15) is 0 Å². The number of nitrogens with one attached hydrogen (secondary N) is 1. The fourth-order valence-electron chi connectivity index (χ4n) is 3.54. The van der Waals surface area contributed by atoms with Crippen LogP contribution in [0.3, 0.4) is 0 Å². The van der Waals surface area contributed by atoms with Crippen molar-refractivity contribution in [2.45, 2.75) is 0 Å². The Hall–Kier alpha value is -3.59. The lowest BCUT2D eigenvalue weighted by Crippen LogP contribution is -2.44. The highest BCUT2D eigenvalue weighted by atomic mass is 16.2. The van der Waals surface area contributed by atoms with Crippen molar-refractivity contribution < 1.29 is 4.79 Å². The molecule has 0 radical (unpaired) electrons. The van der Waals surface area contributed by atoms with E-state index in [1.54, 1.807) is 6.07 Å². The van der Waals surface area contributed by atoms with Gasteiger partial charge in [0.15, 0.2) is 0 Å². The van der Waals surface area contributed by atoms with Crippen molar-refractivity contribution in [3.63, 3.8) is 0 Å². The summed E-state index contributed by atoms with van der Waals surface area (Å²) in [5, 5.41) is 7.27. The number of carbonyl (C=O) groups excluding carboxylic acids is 1. The zero-order chi connectivity index (χ0) is 22.0. The molecule has 2 heterocycles. The van der Waals surface area contributed by atoms with E-state index >= 15 is 0 Å². The number of nitrogens with two attached hydrogens (primary N) is 1. The number of nitrogens with zero attached hydrogens (tertiary/aromatic N) is 6. The molecule has 1 aliphatic heterocycles. The van der Waals surface area contributed by atoms with Crippen LogP contribution in [0.1, 0.15) is 10.4 Å². The largest absolute Gasteiger partial charge is 0.378 e. The van der Waals surface area contributed by atoms with Crippen molar-refractivity contribution in [1.82, 2.24) is 19.7 Å². The number of nitrogen functional groups attached to an aromatic ring is 1. The van der Waals surface area contributed by atoms with Gasteiger partial charge in [-0.15, -0.1) is 5.10 Å². The van der Waals surface area contributed by atoms with E-state index in [-0.39, 0.29) is 17.8 Å². The molecule has 9 heteroatoms. The van der Waals surface area contributed by atoms with Gasteiger partial charge >= 0.3 is 0 Å². The van der Waals surface area contributed by atoms with E-state index in [4.69, 9.17) is 5.73 Å². The first-order chi connectivity index (χ1) is 14.9. The van der Waals surface area contributed by atoms with Gasteiger partial charge in [-0.3, -0.25) is 4.79 Å². The Morgan fingerprint density at radius 1 is 1.06 bits per heavy atom. The standard InChI is InChI=1S/C22H28N8O/c1-27(2)19-6-4-5-16(15-19)20(31)30-22(25-21(23)26-30)24-17-7-9-18(10-8-17)29-13-11-28(3)12-14-29/h4-10,15H,11-14H2,1-3H3,(H3,23,24,25,26). The second kappa shape index (κ2) is 8.65. The summed E-state index contributed by atoms with van der Waals surface area (Å²) in [6.45, 7) is 4.13. The summed E-state index contributed by atoms with van der Waals surface area (Å²) in [7, 11) is 6.00. The van der Waals surface area contributed by atoms with Crippen LogP contribution in [0.25, 0.3) is 0 Å². The van der Waals surface area contributed by atoms with Gasteiger partial charge in [-0.2, -0.15) is 9.67 Å². The first-order valence-corrected chi connectivity index (χ1v) is 10.3. The quantitative estimate of drug-likeness (QED) is 0.648. The van der Waals surface area contributed by atoms with Gasteiger partial charge in [0.25, 0.3) is 5.91 Å². The molecule has 2 aromatic carbocycles. The van der Waals surface area contributed by atoms with Crippen LogP contribution in [0.4, 0.5) is 29.0 Å². The van der Waals surface area contributed by atoms with Crippen LogP contribution in [0.5, 0.6) is 0 Å². The normalized spacial score (nSPS) is 14.5. The summed E-state index contributed by atoms with van der Waals surface area (Å²) in [6, 6.07) is 15.4. The van der Waals surface area contributed by atoms with Crippen molar-refractivity contribution in [2.24, 2.45) is 0 Å². The molecular formula is C22H28N8O.